The maximum Gasteiger partial charge on any atom is 0.419 e. The number of halogens is 3. The van der Waals surface area contributed by atoms with E-state index in [0.717, 1.165) is 37.8 Å². The lowest BCUT2D eigenvalue weighted by atomic mass is 10.1. The van der Waals surface area contributed by atoms with Gasteiger partial charge in [0.15, 0.2) is 0 Å². The van der Waals surface area contributed by atoms with Crippen molar-refractivity contribution in [3.05, 3.63) is 65.9 Å². The second kappa shape index (κ2) is 10.9. The molecule has 0 bridgehead atoms. The number of rotatable bonds is 8. The largest absolute Gasteiger partial charge is 0.494 e. The van der Waals surface area contributed by atoms with Gasteiger partial charge in [-0.1, -0.05) is 18.2 Å². The van der Waals surface area contributed by atoms with Gasteiger partial charge in [-0.3, -0.25) is 4.79 Å². The van der Waals surface area contributed by atoms with Crippen LogP contribution in [0, 0.1) is 0 Å². The summed E-state index contributed by atoms with van der Waals surface area (Å²) >= 11 is 0. The predicted octanol–water partition coefficient (Wildman–Crippen LogP) is 6.72. The molecule has 0 unspecified atom stereocenters. The summed E-state index contributed by atoms with van der Waals surface area (Å²) < 4.78 is 46.9. The second-order valence-electron chi connectivity index (χ2n) is 8.83. The summed E-state index contributed by atoms with van der Waals surface area (Å²) in [6, 6.07) is 13.9. The number of ether oxygens (including phenoxy) is 1. The average molecular weight is 499 g/mol. The standard InChI is InChI=1S/C27H29F3N4O2/c1-18(35)14-19-8-4-5-9-22(19)32-24-16-26(31-17-21(24)27(28,29)30)33-23-11-10-20(15-25(23)36-2)34-12-6-3-7-13-34/h4-5,8-11,15-17H,3,6-7,12-14H2,1-2H3,(H2,31,32,33). The fourth-order valence-electron chi connectivity index (χ4n) is 4.33. The maximum absolute atomic E-state index is 13.8. The smallest absolute Gasteiger partial charge is 0.419 e. The quantitative estimate of drug-likeness (QED) is 0.360. The Balaban J connectivity index is 1.64. The number of ketones is 1. The number of nitrogens with one attached hydrogen (secondary N) is 2. The van der Waals surface area contributed by atoms with Crippen LogP contribution in [0.25, 0.3) is 0 Å². The first-order chi connectivity index (χ1) is 17.2. The lowest BCUT2D eigenvalue weighted by molar-refractivity contribution is -0.137. The molecule has 1 aliphatic heterocycles. The zero-order valence-electron chi connectivity index (χ0n) is 20.3. The summed E-state index contributed by atoms with van der Waals surface area (Å²) in [5.41, 5.74) is 1.60. The van der Waals surface area contributed by atoms with Crippen molar-refractivity contribution in [2.45, 2.75) is 38.8 Å². The maximum atomic E-state index is 13.8. The highest BCUT2D eigenvalue weighted by molar-refractivity contribution is 5.81. The molecule has 1 fully saturated rings. The van der Waals surface area contributed by atoms with Gasteiger partial charge in [0.2, 0.25) is 0 Å². The minimum Gasteiger partial charge on any atom is -0.494 e. The first kappa shape index (κ1) is 25.3. The van der Waals surface area contributed by atoms with E-state index in [4.69, 9.17) is 4.74 Å². The van der Waals surface area contributed by atoms with Crippen LogP contribution < -0.4 is 20.3 Å². The van der Waals surface area contributed by atoms with E-state index in [1.54, 1.807) is 31.4 Å². The minimum atomic E-state index is -4.61. The number of piperidine rings is 1. The summed E-state index contributed by atoms with van der Waals surface area (Å²) in [5.74, 6) is 0.706. The van der Waals surface area contributed by atoms with Crippen LogP contribution in [-0.2, 0) is 17.4 Å². The predicted molar refractivity (Wildman–Crippen MR) is 136 cm³/mol. The van der Waals surface area contributed by atoms with Crippen LogP contribution in [0.1, 0.15) is 37.3 Å². The lowest BCUT2D eigenvalue weighted by Gasteiger charge is -2.29. The van der Waals surface area contributed by atoms with E-state index in [0.29, 0.717) is 22.7 Å². The number of para-hydroxylation sites is 1. The van der Waals surface area contributed by atoms with Crippen molar-refractivity contribution in [2.75, 3.05) is 35.7 Å². The zero-order chi connectivity index (χ0) is 25.7. The molecular weight excluding hydrogens is 469 g/mol. The van der Waals surface area contributed by atoms with E-state index in [2.05, 4.69) is 20.5 Å². The summed E-state index contributed by atoms with van der Waals surface area (Å²) in [6.45, 7) is 3.41. The van der Waals surface area contributed by atoms with Crippen molar-refractivity contribution < 1.29 is 22.7 Å². The van der Waals surface area contributed by atoms with E-state index in [1.165, 1.54) is 19.4 Å². The van der Waals surface area contributed by atoms with Gasteiger partial charge < -0.3 is 20.3 Å². The van der Waals surface area contributed by atoms with Gasteiger partial charge in [0.25, 0.3) is 0 Å². The normalized spacial score (nSPS) is 13.9. The van der Waals surface area contributed by atoms with Crippen molar-refractivity contribution in [1.29, 1.82) is 0 Å². The summed E-state index contributed by atoms with van der Waals surface area (Å²) in [7, 11) is 1.56. The number of alkyl halides is 3. The Bertz CT molecular complexity index is 1220. The monoisotopic (exact) mass is 498 g/mol. The molecule has 36 heavy (non-hydrogen) atoms. The average Bonchev–Trinajstić information content (AvgIpc) is 2.85. The van der Waals surface area contributed by atoms with E-state index >= 15 is 0 Å². The van der Waals surface area contributed by atoms with Crippen LogP contribution >= 0.6 is 0 Å². The van der Waals surface area contributed by atoms with Gasteiger partial charge in [-0.15, -0.1) is 0 Å². The van der Waals surface area contributed by atoms with E-state index < -0.39 is 11.7 Å². The van der Waals surface area contributed by atoms with Crippen LogP contribution in [0.3, 0.4) is 0 Å². The highest BCUT2D eigenvalue weighted by Gasteiger charge is 2.34. The second-order valence-corrected chi connectivity index (χ2v) is 8.83. The van der Waals surface area contributed by atoms with Crippen LogP contribution in [0.2, 0.25) is 0 Å². The lowest BCUT2D eigenvalue weighted by Crippen LogP contribution is -2.29. The number of aromatic nitrogens is 1. The number of pyridine rings is 1. The number of carbonyl (C=O) groups is 1. The summed E-state index contributed by atoms with van der Waals surface area (Å²) in [4.78, 5) is 18.0. The number of anilines is 5. The molecule has 190 valence electrons. The van der Waals surface area contributed by atoms with Crippen molar-refractivity contribution in [1.82, 2.24) is 4.98 Å². The number of methoxy groups -OCH3 is 1. The Labute approximate surface area is 208 Å². The van der Waals surface area contributed by atoms with Crippen LogP contribution in [0.15, 0.2) is 54.7 Å². The fraction of sp³-hybridized carbons (Fsp3) is 0.333. The van der Waals surface area contributed by atoms with Gasteiger partial charge in [0.1, 0.15) is 17.4 Å². The van der Waals surface area contributed by atoms with E-state index in [-0.39, 0.29) is 23.7 Å². The Kier molecular flexibility index (Phi) is 7.67. The topological polar surface area (TPSA) is 66.5 Å². The molecule has 1 aromatic heterocycles. The third-order valence-electron chi connectivity index (χ3n) is 6.10. The van der Waals surface area contributed by atoms with Gasteiger partial charge in [0, 0.05) is 49.2 Å². The Morgan fingerprint density at radius 2 is 1.75 bits per heavy atom. The third kappa shape index (κ3) is 6.08. The van der Waals surface area contributed by atoms with Crippen molar-refractivity contribution in [3.8, 4) is 5.75 Å². The molecule has 0 amide bonds. The molecule has 9 heteroatoms. The Hall–Kier alpha value is -3.75. The van der Waals surface area contributed by atoms with Crippen molar-refractivity contribution in [3.63, 3.8) is 0 Å². The van der Waals surface area contributed by atoms with E-state index in [9.17, 15) is 18.0 Å². The highest BCUT2D eigenvalue weighted by Crippen LogP contribution is 2.39. The third-order valence-corrected chi connectivity index (χ3v) is 6.10. The SMILES string of the molecule is COc1cc(N2CCCCC2)ccc1Nc1cc(Nc2ccccc2CC(C)=O)c(C(F)(F)F)cn1. The molecule has 0 radical (unpaired) electrons. The first-order valence-corrected chi connectivity index (χ1v) is 11.9. The molecule has 2 N–H and O–H groups in total. The fourth-order valence-corrected chi connectivity index (χ4v) is 4.33. The molecule has 0 spiro atoms. The van der Waals surface area contributed by atoms with Gasteiger partial charge in [-0.25, -0.2) is 4.98 Å². The van der Waals surface area contributed by atoms with Crippen LogP contribution in [0.4, 0.5) is 41.7 Å². The summed E-state index contributed by atoms with van der Waals surface area (Å²) in [6.07, 6.45) is -0.194. The molecule has 6 nitrogen and oxygen atoms in total. The van der Waals surface area contributed by atoms with Crippen molar-refractivity contribution in [2.24, 2.45) is 0 Å². The molecule has 0 saturated carbocycles. The van der Waals surface area contributed by atoms with E-state index in [1.807, 2.05) is 18.2 Å². The molecule has 0 aliphatic carbocycles. The number of Topliss-reactive ketones (excluding diaryl/α,β-unsaturated/α-hetero) is 1. The molecule has 1 saturated heterocycles. The van der Waals surface area contributed by atoms with Crippen LogP contribution in [-0.4, -0.2) is 31.0 Å². The molecule has 1 aliphatic rings. The molecular formula is C27H29F3N4O2. The Morgan fingerprint density at radius 3 is 2.44 bits per heavy atom. The summed E-state index contributed by atoms with van der Waals surface area (Å²) in [5, 5.41) is 5.96. The zero-order valence-corrected chi connectivity index (χ0v) is 20.3. The first-order valence-electron chi connectivity index (χ1n) is 11.9. The highest BCUT2D eigenvalue weighted by atomic mass is 19.4. The molecule has 0 atom stereocenters. The minimum absolute atomic E-state index is 0.0857. The van der Waals surface area contributed by atoms with Gasteiger partial charge >= 0.3 is 6.18 Å². The number of hydrogen-bond donors (Lipinski definition) is 2. The molecule has 3 aromatic rings. The van der Waals surface area contributed by atoms with Crippen LogP contribution in [0.5, 0.6) is 5.75 Å². The van der Waals surface area contributed by atoms with Gasteiger partial charge in [0.05, 0.1) is 24.0 Å². The Morgan fingerprint density at radius 1 is 1.00 bits per heavy atom. The number of carbonyl (C=O) groups excluding carboxylic acids is 1. The molecule has 4 rings (SSSR count). The molecule has 2 heterocycles. The van der Waals surface area contributed by atoms with Gasteiger partial charge in [-0.2, -0.15) is 13.2 Å². The number of hydrogen-bond acceptors (Lipinski definition) is 6. The van der Waals surface area contributed by atoms with Crippen molar-refractivity contribution >= 4 is 34.4 Å². The molecule has 2 aromatic carbocycles. The van der Waals surface area contributed by atoms with Gasteiger partial charge in [-0.05, 0) is 49.9 Å². The number of nitrogens with zero attached hydrogens (tertiary/aromatic N) is 2. The number of benzene rings is 2.